The van der Waals surface area contributed by atoms with Gasteiger partial charge in [0.2, 0.25) is 0 Å². The topological polar surface area (TPSA) is 41.6 Å². The molecule has 0 radical (unpaired) electrons. The predicted molar refractivity (Wildman–Crippen MR) is 78.1 cm³/mol. The lowest BCUT2D eigenvalue weighted by atomic mass is 9.91. The summed E-state index contributed by atoms with van der Waals surface area (Å²) < 4.78 is 5.23. The normalized spacial score (nSPS) is 27.8. The average Bonchev–Trinajstić information content (AvgIpc) is 2.33. The first-order valence-electron chi connectivity index (χ1n) is 7.59. The fourth-order valence-corrected chi connectivity index (χ4v) is 2.97. The van der Waals surface area contributed by atoms with Crippen LogP contribution in [0.2, 0.25) is 0 Å². The number of hydrogen-bond acceptors (Lipinski definition) is 4. The second-order valence-electron chi connectivity index (χ2n) is 6.03. The Labute approximate surface area is 117 Å². The highest BCUT2D eigenvalue weighted by Crippen LogP contribution is 2.24. The van der Waals surface area contributed by atoms with Gasteiger partial charge in [0.1, 0.15) is 5.54 Å². The molecule has 0 aromatic heterocycles. The van der Waals surface area contributed by atoms with E-state index in [9.17, 15) is 4.79 Å². The molecule has 1 aliphatic heterocycles. The van der Waals surface area contributed by atoms with Crippen molar-refractivity contribution in [1.82, 2.24) is 10.2 Å². The molecule has 0 aliphatic carbocycles. The number of carbonyl (C=O) groups is 1. The van der Waals surface area contributed by atoms with Crippen molar-refractivity contribution in [1.29, 1.82) is 0 Å². The number of hydrogen-bond donors (Lipinski definition) is 1. The van der Waals surface area contributed by atoms with E-state index < -0.39 is 5.54 Å². The van der Waals surface area contributed by atoms with Crippen molar-refractivity contribution in [3.05, 3.63) is 0 Å². The van der Waals surface area contributed by atoms with Crippen molar-refractivity contribution in [3.8, 4) is 0 Å². The molecular formula is C15H30N2O2. The summed E-state index contributed by atoms with van der Waals surface area (Å²) in [4.78, 5) is 14.6. The standard InChI is InChI=1S/C15H30N2O2/c1-6-16-15(5,14(18)19-7-2)11-17-9-8-12(3)10-13(17)4/h12-13,16H,6-11H2,1-5H3. The van der Waals surface area contributed by atoms with E-state index in [4.69, 9.17) is 4.74 Å². The van der Waals surface area contributed by atoms with Gasteiger partial charge in [0.15, 0.2) is 0 Å². The molecule has 1 fully saturated rings. The van der Waals surface area contributed by atoms with Crippen LogP contribution in [0.1, 0.15) is 47.5 Å². The summed E-state index contributed by atoms with van der Waals surface area (Å²) in [5.74, 6) is 0.655. The molecule has 0 spiro atoms. The smallest absolute Gasteiger partial charge is 0.327 e. The van der Waals surface area contributed by atoms with Gasteiger partial charge in [-0.2, -0.15) is 0 Å². The fraction of sp³-hybridized carbons (Fsp3) is 0.933. The van der Waals surface area contributed by atoms with Gasteiger partial charge in [0, 0.05) is 12.6 Å². The van der Waals surface area contributed by atoms with Crippen LogP contribution in [0.5, 0.6) is 0 Å². The molecule has 3 unspecified atom stereocenters. The van der Waals surface area contributed by atoms with Crippen LogP contribution in [0.4, 0.5) is 0 Å². The third-order valence-electron chi connectivity index (χ3n) is 4.09. The van der Waals surface area contributed by atoms with Gasteiger partial charge in [0.05, 0.1) is 6.61 Å². The van der Waals surface area contributed by atoms with Crippen molar-refractivity contribution in [2.75, 3.05) is 26.2 Å². The van der Waals surface area contributed by atoms with Crippen molar-refractivity contribution >= 4 is 5.97 Å². The molecule has 0 saturated carbocycles. The highest BCUT2D eigenvalue weighted by Gasteiger charge is 2.38. The van der Waals surface area contributed by atoms with E-state index in [1.807, 2.05) is 20.8 Å². The average molecular weight is 270 g/mol. The van der Waals surface area contributed by atoms with Crippen LogP contribution in [0.3, 0.4) is 0 Å². The highest BCUT2D eigenvalue weighted by molar-refractivity contribution is 5.80. The number of likely N-dealkylation sites (N-methyl/N-ethyl adjacent to an activating group) is 1. The number of esters is 1. The molecule has 112 valence electrons. The summed E-state index contributed by atoms with van der Waals surface area (Å²) in [7, 11) is 0. The first-order valence-corrected chi connectivity index (χ1v) is 7.59. The lowest BCUT2D eigenvalue weighted by Crippen LogP contribution is -2.59. The fourth-order valence-electron chi connectivity index (χ4n) is 2.97. The lowest BCUT2D eigenvalue weighted by Gasteiger charge is -2.41. The molecule has 1 saturated heterocycles. The first-order chi connectivity index (χ1) is 8.92. The number of nitrogens with zero attached hydrogens (tertiary/aromatic N) is 1. The molecule has 4 nitrogen and oxygen atoms in total. The van der Waals surface area contributed by atoms with Crippen LogP contribution < -0.4 is 5.32 Å². The second-order valence-corrected chi connectivity index (χ2v) is 6.03. The zero-order valence-corrected chi connectivity index (χ0v) is 13.2. The van der Waals surface area contributed by atoms with E-state index in [0.29, 0.717) is 12.6 Å². The maximum absolute atomic E-state index is 12.2. The molecule has 0 amide bonds. The Balaban J connectivity index is 2.69. The third-order valence-corrected chi connectivity index (χ3v) is 4.09. The Hall–Kier alpha value is -0.610. The number of likely N-dealkylation sites (tertiary alicyclic amines) is 1. The maximum Gasteiger partial charge on any atom is 0.327 e. The number of carbonyl (C=O) groups excluding carboxylic acids is 1. The van der Waals surface area contributed by atoms with E-state index in [0.717, 1.165) is 25.6 Å². The molecule has 1 aliphatic rings. The summed E-state index contributed by atoms with van der Waals surface area (Å²) in [6.07, 6.45) is 2.43. The number of piperidine rings is 1. The molecule has 1 heterocycles. The molecule has 1 N–H and O–H groups in total. The van der Waals surface area contributed by atoms with Crippen molar-refractivity contribution < 1.29 is 9.53 Å². The number of nitrogens with one attached hydrogen (secondary N) is 1. The predicted octanol–water partition coefficient (Wildman–Crippen LogP) is 2.04. The number of rotatable bonds is 6. The molecular weight excluding hydrogens is 240 g/mol. The maximum atomic E-state index is 12.2. The Bertz CT molecular complexity index is 296. The van der Waals surface area contributed by atoms with E-state index in [-0.39, 0.29) is 5.97 Å². The van der Waals surface area contributed by atoms with Crippen LogP contribution in [0.25, 0.3) is 0 Å². The summed E-state index contributed by atoms with van der Waals surface area (Å²) in [5.41, 5.74) is -0.598. The minimum absolute atomic E-state index is 0.136. The monoisotopic (exact) mass is 270 g/mol. The summed E-state index contributed by atoms with van der Waals surface area (Å²) in [6, 6.07) is 0.538. The van der Waals surface area contributed by atoms with Gasteiger partial charge in [-0.15, -0.1) is 0 Å². The van der Waals surface area contributed by atoms with Gasteiger partial charge in [-0.05, 0) is 52.6 Å². The molecule has 1 rings (SSSR count). The van der Waals surface area contributed by atoms with Crippen LogP contribution in [-0.4, -0.2) is 48.7 Å². The molecule has 0 aromatic rings. The van der Waals surface area contributed by atoms with Crippen LogP contribution in [0, 0.1) is 5.92 Å². The number of ether oxygens (including phenoxy) is 1. The largest absolute Gasteiger partial charge is 0.465 e. The minimum atomic E-state index is -0.598. The molecule has 3 atom stereocenters. The van der Waals surface area contributed by atoms with Crippen molar-refractivity contribution in [3.63, 3.8) is 0 Å². The zero-order chi connectivity index (χ0) is 14.5. The van der Waals surface area contributed by atoms with Crippen molar-refractivity contribution in [2.45, 2.75) is 59.0 Å². The van der Waals surface area contributed by atoms with Gasteiger partial charge in [-0.1, -0.05) is 13.8 Å². The van der Waals surface area contributed by atoms with Crippen LogP contribution in [0.15, 0.2) is 0 Å². The molecule has 4 heteroatoms. The Morgan fingerprint density at radius 3 is 2.63 bits per heavy atom. The van der Waals surface area contributed by atoms with Gasteiger partial charge < -0.3 is 10.1 Å². The molecule has 19 heavy (non-hydrogen) atoms. The summed E-state index contributed by atoms with van der Waals surface area (Å²) in [5, 5.41) is 3.31. The van der Waals surface area contributed by atoms with Gasteiger partial charge in [-0.3, -0.25) is 9.69 Å². The molecule has 0 bridgehead atoms. The van der Waals surface area contributed by atoms with Crippen molar-refractivity contribution in [2.24, 2.45) is 5.92 Å². The van der Waals surface area contributed by atoms with E-state index in [1.165, 1.54) is 12.8 Å². The van der Waals surface area contributed by atoms with Gasteiger partial charge in [0.25, 0.3) is 0 Å². The summed E-state index contributed by atoms with van der Waals surface area (Å²) in [6.45, 7) is 13.4. The van der Waals surface area contributed by atoms with E-state index in [1.54, 1.807) is 0 Å². The Morgan fingerprint density at radius 1 is 1.42 bits per heavy atom. The Kier molecular flexibility index (Phi) is 6.27. The van der Waals surface area contributed by atoms with Crippen LogP contribution in [-0.2, 0) is 9.53 Å². The lowest BCUT2D eigenvalue weighted by molar-refractivity contribution is -0.151. The van der Waals surface area contributed by atoms with Crippen LogP contribution >= 0.6 is 0 Å². The SMILES string of the molecule is CCNC(C)(CN1CCC(C)CC1C)C(=O)OCC. The minimum Gasteiger partial charge on any atom is -0.465 e. The quantitative estimate of drug-likeness (QED) is 0.750. The highest BCUT2D eigenvalue weighted by atomic mass is 16.5. The van der Waals surface area contributed by atoms with Gasteiger partial charge >= 0.3 is 5.97 Å². The van der Waals surface area contributed by atoms with Gasteiger partial charge in [-0.25, -0.2) is 0 Å². The Morgan fingerprint density at radius 2 is 2.11 bits per heavy atom. The third kappa shape index (κ3) is 4.46. The molecule has 0 aromatic carbocycles. The first kappa shape index (κ1) is 16.4. The zero-order valence-electron chi connectivity index (χ0n) is 13.2. The van der Waals surface area contributed by atoms with E-state index in [2.05, 4.69) is 24.1 Å². The second kappa shape index (κ2) is 7.25. The summed E-state index contributed by atoms with van der Waals surface area (Å²) >= 11 is 0. The van der Waals surface area contributed by atoms with E-state index >= 15 is 0 Å².